The van der Waals surface area contributed by atoms with E-state index in [1.165, 1.54) is 54.8 Å². The zero-order valence-electron chi connectivity index (χ0n) is 16.9. The Morgan fingerprint density at radius 1 is 1.03 bits per heavy atom. The number of hydrogen-bond acceptors (Lipinski definition) is 7. The first-order valence-electron chi connectivity index (χ1n) is 9.37. The SMILES string of the molecule is O=C(COC(=O)c1ccc(S(=O)(=O)NCc2ccco2)cc1)Nc1ccc(SC(F)F)cc1. The van der Waals surface area contributed by atoms with Gasteiger partial charge in [-0.1, -0.05) is 11.8 Å². The van der Waals surface area contributed by atoms with E-state index in [4.69, 9.17) is 9.15 Å². The summed E-state index contributed by atoms with van der Waals surface area (Å²) in [4.78, 5) is 24.4. The Labute approximate surface area is 192 Å². The predicted octanol–water partition coefficient (Wildman–Crippen LogP) is 3.87. The van der Waals surface area contributed by atoms with Crippen molar-refractivity contribution in [3.63, 3.8) is 0 Å². The van der Waals surface area contributed by atoms with Gasteiger partial charge in [-0.05, 0) is 60.7 Å². The van der Waals surface area contributed by atoms with E-state index in [0.29, 0.717) is 28.1 Å². The van der Waals surface area contributed by atoms with E-state index in [0.717, 1.165) is 0 Å². The highest BCUT2D eigenvalue weighted by atomic mass is 32.2. The lowest BCUT2D eigenvalue weighted by Gasteiger charge is -2.08. The molecule has 0 aliphatic heterocycles. The molecule has 2 N–H and O–H groups in total. The quantitative estimate of drug-likeness (QED) is 0.323. The van der Waals surface area contributed by atoms with Crippen LogP contribution >= 0.6 is 11.8 Å². The maximum absolute atomic E-state index is 12.3. The third-order valence-electron chi connectivity index (χ3n) is 4.11. The molecule has 1 heterocycles. The van der Waals surface area contributed by atoms with Gasteiger partial charge < -0.3 is 14.5 Å². The number of thioether (sulfide) groups is 1. The average Bonchev–Trinajstić information content (AvgIpc) is 3.31. The average molecular weight is 497 g/mol. The van der Waals surface area contributed by atoms with E-state index >= 15 is 0 Å². The number of nitrogens with one attached hydrogen (secondary N) is 2. The lowest BCUT2D eigenvalue weighted by Crippen LogP contribution is -2.23. The van der Waals surface area contributed by atoms with Crippen LogP contribution in [0.3, 0.4) is 0 Å². The number of rotatable bonds is 10. The summed E-state index contributed by atoms with van der Waals surface area (Å²) in [6.45, 7) is -0.612. The normalized spacial score (nSPS) is 11.4. The van der Waals surface area contributed by atoms with Gasteiger partial charge >= 0.3 is 5.97 Å². The molecule has 0 saturated heterocycles. The number of ether oxygens (including phenoxy) is 1. The fourth-order valence-corrected chi connectivity index (χ4v) is 4.06. The van der Waals surface area contributed by atoms with E-state index < -0.39 is 34.3 Å². The van der Waals surface area contributed by atoms with Gasteiger partial charge in [-0.15, -0.1) is 0 Å². The Morgan fingerprint density at radius 3 is 2.33 bits per heavy atom. The number of furan rings is 1. The van der Waals surface area contributed by atoms with Crippen molar-refractivity contribution in [1.82, 2.24) is 4.72 Å². The summed E-state index contributed by atoms with van der Waals surface area (Å²) in [6.07, 6.45) is 1.43. The number of alkyl halides is 2. The van der Waals surface area contributed by atoms with E-state index in [2.05, 4.69) is 10.0 Å². The van der Waals surface area contributed by atoms with Gasteiger partial charge in [0.1, 0.15) is 5.76 Å². The van der Waals surface area contributed by atoms with Gasteiger partial charge in [-0.2, -0.15) is 8.78 Å². The molecule has 0 spiro atoms. The van der Waals surface area contributed by atoms with Crippen molar-refractivity contribution in [2.45, 2.75) is 22.1 Å². The fraction of sp³-hybridized carbons (Fsp3) is 0.143. The summed E-state index contributed by atoms with van der Waals surface area (Å²) in [5.74, 6) is -3.54. The molecule has 1 aromatic heterocycles. The van der Waals surface area contributed by atoms with Crippen LogP contribution in [-0.2, 0) is 26.1 Å². The summed E-state index contributed by atoms with van der Waals surface area (Å²) in [6, 6.07) is 14.0. The Morgan fingerprint density at radius 2 is 1.73 bits per heavy atom. The highest BCUT2D eigenvalue weighted by Crippen LogP contribution is 2.26. The molecule has 0 saturated carbocycles. The third-order valence-corrected chi connectivity index (χ3v) is 6.25. The summed E-state index contributed by atoms with van der Waals surface area (Å²) < 4.78 is 61.6. The number of sulfonamides is 1. The van der Waals surface area contributed by atoms with Crippen molar-refractivity contribution >= 4 is 39.3 Å². The standard InChI is InChI=1S/C21H18F2N2O6S2/c22-21(23)32-17-7-5-15(6-8-17)25-19(26)13-31-20(27)14-3-9-18(10-4-14)33(28,29)24-12-16-2-1-11-30-16/h1-11,21,24H,12-13H2,(H,25,26). The molecular weight excluding hydrogens is 478 g/mol. The van der Waals surface area contributed by atoms with E-state index in [1.54, 1.807) is 12.1 Å². The van der Waals surface area contributed by atoms with Crippen LogP contribution in [-0.4, -0.2) is 32.7 Å². The number of benzene rings is 2. The van der Waals surface area contributed by atoms with Crippen molar-refractivity contribution in [3.8, 4) is 0 Å². The van der Waals surface area contributed by atoms with Gasteiger partial charge in [0.2, 0.25) is 10.0 Å². The minimum Gasteiger partial charge on any atom is -0.468 e. The monoisotopic (exact) mass is 496 g/mol. The molecule has 0 bridgehead atoms. The van der Waals surface area contributed by atoms with Gasteiger partial charge in [0.05, 0.1) is 23.3 Å². The highest BCUT2D eigenvalue weighted by Gasteiger charge is 2.16. The topological polar surface area (TPSA) is 115 Å². The van der Waals surface area contributed by atoms with Crippen molar-refractivity contribution in [2.75, 3.05) is 11.9 Å². The molecule has 33 heavy (non-hydrogen) atoms. The number of esters is 1. The summed E-state index contributed by atoms with van der Waals surface area (Å²) >= 11 is 0.381. The van der Waals surface area contributed by atoms with Gasteiger partial charge in [0.25, 0.3) is 11.7 Å². The molecule has 0 unspecified atom stereocenters. The van der Waals surface area contributed by atoms with Crippen LogP contribution < -0.4 is 10.0 Å². The Bertz CT molecular complexity index is 1180. The molecule has 0 atom stereocenters. The first-order valence-corrected chi connectivity index (χ1v) is 11.7. The maximum Gasteiger partial charge on any atom is 0.338 e. The van der Waals surface area contributed by atoms with Crippen LogP contribution in [0.2, 0.25) is 0 Å². The maximum atomic E-state index is 12.3. The molecule has 2 aromatic carbocycles. The summed E-state index contributed by atoms with van der Waals surface area (Å²) in [7, 11) is -3.82. The van der Waals surface area contributed by atoms with Crippen molar-refractivity contribution in [1.29, 1.82) is 0 Å². The molecule has 1 amide bonds. The van der Waals surface area contributed by atoms with Crippen LogP contribution in [0.5, 0.6) is 0 Å². The van der Waals surface area contributed by atoms with Crippen LogP contribution in [0.1, 0.15) is 16.1 Å². The molecule has 3 rings (SSSR count). The Balaban J connectivity index is 1.49. The lowest BCUT2D eigenvalue weighted by atomic mass is 10.2. The first-order chi connectivity index (χ1) is 15.7. The smallest absolute Gasteiger partial charge is 0.338 e. The largest absolute Gasteiger partial charge is 0.468 e. The van der Waals surface area contributed by atoms with Gasteiger partial charge in [0.15, 0.2) is 6.61 Å². The molecule has 0 radical (unpaired) electrons. The molecule has 0 aliphatic rings. The van der Waals surface area contributed by atoms with Crippen molar-refractivity contribution in [2.24, 2.45) is 0 Å². The van der Waals surface area contributed by atoms with Crippen LogP contribution in [0.4, 0.5) is 14.5 Å². The van der Waals surface area contributed by atoms with Crippen LogP contribution in [0.25, 0.3) is 0 Å². The van der Waals surface area contributed by atoms with Crippen molar-refractivity contribution in [3.05, 3.63) is 78.3 Å². The van der Waals surface area contributed by atoms with E-state index in [-0.39, 0.29) is 17.0 Å². The second-order valence-electron chi connectivity index (χ2n) is 6.46. The van der Waals surface area contributed by atoms with E-state index in [1.807, 2.05) is 0 Å². The van der Waals surface area contributed by atoms with Crippen LogP contribution in [0.15, 0.2) is 81.1 Å². The van der Waals surface area contributed by atoms with Crippen molar-refractivity contribution < 1.29 is 35.9 Å². The predicted molar refractivity (Wildman–Crippen MR) is 116 cm³/mol. The molecule has 3 aromatic rings. The Hall–Kier alpha value is -3.22. The first kappa shape index (κ1) is 24.4. The minimum atomic E-state index is -3.82. The highest BCUT2D eigenvalue weighted by molar-refractivity contribution is 7.99. The molecule has 0 fully saturated rings. The lowest BCUT2D eigenvalue weighted by molar-refractivity contribution is -0.119. The van der Waals surface area contributed by atoms with Gasteiger partial charge in [-0.3, -0.25) is 4.79 Å². The number of carbonyl (C=O) groups excluding carboxylic acids is 2. The second kappa shape index (κ2) is 11.1. The summed E-state index contributed by atoms with van der Waals surface area (Å²) in [5, 5.41) is 2.48. The molecule has 174 valence electrons. The van der Waals surface area contributed by atoms with Crippen LogP contribution in [0, 0.1) is 0 Å². The molecular formula is C21H18F2N2O6S2. The number of amides is 1. The minimum absolute atomic E-state index is 0.0258. The molecule has 8 nitrogen and oxygen atoms in total. The number of carbonyl (C=O) groups is 2. The fourth-order valence-electron chi connectivity index (χ4n) is 2.56. The van der Waals surface area contributed by atoms with Gasteiger partial charge in [0, 0.05) is 10.6 Å². The third kappa shape index (κ3) is 7.41. The zero-order valence-corrected chi connectivity index (χ0v) is 18.5. The zero-order chi connectivity index (χ0) is 23.8. The molecule has 0 aliphatic carbocycles. The number of halogens is 2. The van der Waals surface area contributed by atoms with E-state index in [9.17, 15) is 26.8 Å². The van der Waals surface area contributed by atoms with Gasteiger partial charge in [-0.25, -0.2) is 17.9 Å². The number of hydrogen-bond donors (Lipinski definition) is 2. The second-order valence-corrected chi connectivity index (χ2v) is 9.29. The molecule has 12 heteroatoms. The Kier molecular flexibility index (Phi) is 8.20. The number of anilines is 1. The summed E-state index contributed by atoms with van der Waals surface area (Å²) in [5.41, 5.74) is 0.410.